The lowest BCUT2D eigenvalue weighted by Gasteiger charge is -1.95. The molecule has 1 aromatic rings. The molecule has 0 aromatic heterocycles. The molecule has 0 aliphatic rings. The zero-order chi connectivity index (χ0) is 10.6. The summed E-state index contributed by atoms with van der Waals surface area (Å²) in [6, 6.07) is 4.17. The van der Waals surface area contributed by atoms with E-state index in [1.807, 2.05) is 0 Å². The second kappa shape index (κ2) is 4.64. The second-order valence-corrected chi connectivity index (χ2v) is 2.75. The van der Waals surface area contributed by atoms with E-state index < -0.39 is 11.8 Å². The highest BCUT2D eigenvalue weighted by Crippen LogP contribution is 2.17. The summed E-state index contributed by atoms with van der Waals surface area (Å²) in [5.74, 6) is 3.10. The van der Waals surface area contributed by atoms with Crippen LogP contribution in [0.5, 0.6) is 0 Å². The lowest BCUT2D eigenvalue weighted by Crippen LogP contribution is -1.95. The minimum absolute atomic E-state index is 0.000401. The van der Waals surface area contributed by atoms with E-state index in [9.17, 15) is 9.18 Å². The third-order valence-corrected chi connectivity index (χ3v) is 1.75. The molecule has 2 nitrogen and oxygen atoms in total. The largest absolute Gasteiger partial charge is 0.459 e. The molecule has 0 bridgehead atoms. The Morgan fingerprint density at radius 1 is 1.57 bits per heavy atom. The average molecular weight is 213 g/mol. The van der Waals surface area contributed by atoms with Crippen LogP contribution in [0.2, 0.25) is 5.02 Å². The summed E-state index contributed by atoms with van der Waals surface area (Å²) < 4.78 is 17.3. The fourth-order valence-electron chi connectivity index (χ4n) is 0.782. The summed E-state index contributed by atoms with van der Waals surface area (Å²) in [6.45, 7) is 0. The third kappa shape index (κ3) is 2.48. The van der Waals surface area contributed by atoms with Crippen LogP contribution in [0.1, 0.15) is 5.56 Å². The lowest BCUT2D eigenvalue weighted by atomic mass is 10.2. The molecule has 0 fully saturated rings. The molecular formula is C10H6ClFO2. The summed E-state index contributed by atoms with van der Waals surface area (Å²) in [4.78, 5) is 10.6. The van der Waals surface area contributed by atoms with Crippen molar-refractivity contribution in [2.75, 3.05) is 7.11 Å². The molecule has 0 atom stereocenters. The van der Waals surface area contributed by atoms with Gasteiger partial charge < -0.3 is 4.74 Å². The highest BCUT2D eigenvalue weighted by molar-refractivity contribution is 6.31. The van der Waals surface area contributed by atoms with Crippen LogP contribution < -0.4 is 0 Å². The van der Waals surface area contributed by atoms with Gasteiger partial charge in [0.25, 0.3) is 0 Å². The van der Waals surface area contributed by atoms with Gasteiger partial charge in [0, 0.05) is 5.92 Å². The van der Waals surface area contributed by atoms with Crippen LogP contribution in [-0.2, 0) is 9.53 Å². The lowest BCUT2D eigenvalue weighted by molar-refractivity contribution is -0.133. The Bertz CT molecular complexity index is 398. The average Bonchev–Trinajstić information content (AvgIpc) is 2.16. The van der Waals surface area contributed by atoms with E-state index in [0.29, 0.717) is 0 Å². The predicted molar refractivity (Wildman–Crippen MR) is 50.3 cm³/mol. The molecule has 0 heterocycles. The van der Waals surface area contributed by atoms with E-state index in [4.69, 9.17) is 11.6 Å². The minimum Gasteiger partial charge on any atom is -0.459 e. The number of carbonyl (C=O) groups excluding carboxylic acids is 1. The predicted octanol–water partition coefficient (Wildman–Crippen LogP) is 2.00. The molecule has 0 spiro atoms. The van der Waals surface area contributed by atoms with Crippen LogP contribution in [0, 0.1) is 17.7 Å². The molecule has 0 saturated heterocycles. The number of hydrogen-bond donors (Lipinski definition) is 0. The molecule has 14 heavy (non-hydrogen) atoms. The Kier molecular flexibility index (Phi) is 3.49. The molecule has 4 heteroatoms. The van der Waals surface area contributed by atoms with Crippen LogP contribution in [0.25, 0.3) is 0 Å². The van der Waals surface area contributed by atoms with Crippen molar-refractivity contribution in [3.8, 4) is 11.8 Å². The van der Waals surface area contributed by atoms with Gasteiger partial charge in [0.2, 0.25) is 0 Å². The Balaban J connectivity index is 3.06. The van der Waals surface area contributed by atoms with Crippen LogP contribution >= 0.6 is 11.6 Å². The zero-order valence-electron chi connectivity index (χ0n) is 7.30. The van der Waals surface area contributed by atoms with Crippen molar-refractivity contribution in [1.29, 1.82) is 0 Å². The molecule has 0 unspecified atom stereocenters. The number of hydrogen-bond acceptors (Lipinski definition) is 2. The van der Waals surface area contributed by atoms with Gasteiger partial charge in [-0.15, -0.1) is 0 Å². The van der Waals surface area contributed by atoms with Crippen molar-refractivity contribution in [2.45, 2.75) is 0 Å². The van der Waals surface area contributed by atoms with Crippen LogP contribution in [-0.4, -0.2) is 13.1 Å². The minimum atomic E-state index is -0.732. The van der Waals surface area contributed by atoms with Crippen LogP contribution in [0.15, 0.2) is 18.2 Å². The molecule has 0 N–H and O–H groups in total. The Morgan fingerprint density at radius 3 is 2.86 bits per heavy atom. The first kappa shape index (κ1) is 10.6. The smallest absolute Gasteiger partial charge is 0.384 e. The standard InChI is InChI=1S/C10H6ClFO2/c1-14-10(13)6-5-7-8(11)3-2-4-9(7)12/h2-4H,1H3. The number of methoxy groups -OCH3 is 1. The van der Waals surface area contributed by atoms with Crippen molar-refractivity contribution in [1.82, 2.24) is 0 Å². The maximum Gasteiger partial charge on any atom is 0.384 e. The van der Waals surface area contributed by atoms with Gasteiger partial charge in [0.05, 0.1) is 17.7 Å². The molecule has 0 aliphatic carbocycles. The van der Waals surface area contributed by atoms with Crippen LogP contribution in [0.3, 0.4) is 0 Å². The van der Waals surface area contributed by atoms with E-state index in [1.165, 1.54) is 25.3 Å². The zero-order valence-corrected chi connectivity index (χ0v) is 8.06. The summed E-state index contributed by atoms with van der Waals surface area (Å²) in [7, 11) is 1.19. The summed E-state index contributed by atoms with van der Waals surface area (Å²) in [5.41, 5.74) is -0.000401. The van der Waals surface area contributed by atoms with E-state index in [0.717, 1.165) is 0 Å². The monoisotopic (exact) mass is 212 g/mol. The van der Waals surface area contributed by atoms with E-state index in [-0.39, 0.29) is 10.6 Å². The fourth-order valence-corrected chi connectivity index (χ4v) is 0.992. The van der Waals surface area contributed by atoms with Crippen molar-refractivity contribution >= 4 is 17.6 Å². The first-order valence-electron chi connectivity index (χ1n) is 3.69. The Hall–Kier alpha value is -1.53. The summed E-state index contributed by atoms with van der Waals surface area (Å²) in [6.07, 6.45) is 0. The molecule has 1 rings (SSSR count). The van der Waals surface area contributed by atoms with E-state index in [2.05, 4.69) is 16.6 Å². The molecule has 0 aliphatic heterocycles. The normalized spacial score (nSPS) is 8.79. The van der Waals surface area contributed by atoms with Gasteiger partial charge in [-0.1, -0.05) is 23.6 Å². The first-order valence-corrected chi connectivity index (χ1v) is 4.07. The van der Waals surface area contributed by atoms with Crippen molar-refractivity contribution in [2.24, 2.45) is 0 Å². The molecule has 72 valence electrons. The van der Waals surface area contributed by atoms with Gasteiger partial charge >= 0.3 is 5.97 Å². The molecule has 0 radical (unpaired) electrons. The molecule has 1 aromatic carbocycles. The maximum atomic E-state index is 13.1. The number of rotatable bonds is 0. The van der Waals surface area contributed by atoms with Gasteiger partial charge in [-0.2, -0.15) is 0 Å². The van der Waals surface area contributed by atoms with Crippen molar-refractivity contribution in [3.05, 3.63) is 34.6 Å². The van der Waals surface area contributed by atoms with Gasteiger partial charge in [-0.05, 0) is 12.1 Å². The highest BCUT2D eigenvalue weighted by Gasteiger charge is 2.03. The first-order chi connectivity index (χ1) is 6.65. The third-order valence-electron chi connectivity index (χ3n) is 1.44. The summed E-state index contributed by atoms with van der Waals surface area (Å²) >= 11 is 5.66. The van der Waals surface area contributed by atoms with Crippen molar-refractivity contribution in [3.63, 3.8) is 0 Å². The van der Waals surface area contributed by atoms with Gasteiger partial charge in [0.15, 0.2) is 0 Å². The molecule has 0 amide bonds. The Labute approximate surface area is 85.6 Å². The number of carbonyl (C=O) groups is 1. The van der Waals surface area contributed by atoms with Gasteiger partial charge in [0.1, 0.15) is 5.82 Å². The number of benzene rings is 1. The topological polar surface area (TPSA) is 26.3 Å². The molecular weight excluding hydrogens is 207 g/mol. The number of esters is 1. The fraction of sp³-hybridized carbons (Fsp3) is 0.100. The van der Waals surface area contributed by atoms with Gasteiger partial charge in [-0.3, -0.25) is 0 Å². The molecule has 0 saturated carbocycles. The second-order valence-electron chi connectivity index (χ2n) is 2.34. The van der Waals surface area contributed by atoms with Crippen LogP contribution in [0.4, 0.5) is 4.39 Å². The quantitative estimate of drug-likeness (QED) is 0.486. The number of ether oxygens (including phenoxy) is 1. The summed E-state index contributed by atoms with van der Waals surface area (Å²) in [5, 5.41) is 0.168. The Morgan fingerprint density at radius 2 is 2.29 bits per heavy atom. The maximum absolute atomic E-state index is 13.1. The SMILES string of the molecule is COC(=O)C#Cc1c(F)cccc1Cl. The van der Waals surface area contributed by atoms with E-state index in [1.54, 1.807) is 0 Å². The van der Waals surface area contributed by atoms with Crippen molar-refractivity contribution < 1.29 is 13.9 Å². The van der Waals surface area contributed by atoms with E-state index >= 15 is 0 Å². The highest BCUT2D eigenvalue weighted by atomic mass is 35.5. The number of halogens is 2. The van der Waals surface area contributed by atoms with Gasteiger partial charge in [-0.25, -0.2) is 9.18 Å².